The predicted molar refractivity (Wildman–Crippen MR) is 129 cm³/mol. The fourth-order valence-electron chi connectivity index (χ4n) is 4.81. The smallest absolute Gasteiger partial charge is 0.194 e. The van der Waals surface area contributed by atoms with Crippen molar-refractivity contribution in [2.75, 3.05) is 6.54 Å². The van der Waals surface area contributed by atoms with Crippen molar-refractivity contribution < 1.29 is 29.3 Å². The van der Waals surface area contributed by atoms with Crippen molar-refractivity contribution in [1.29, 1.82) is 0 Å². The van der Waals surface area contributed by atoms with Crippen LogP contribution in [0.2, 0.25) is 0 Å². The molecule has 0 fully saturated rings. The summed E-state index contributed by atoms with van der Waals surface area (Å²) in [5, 5.41) is 24.5. The summed E-state index contributed by atoms with van der Waals surface area (Å²) in [6.07, 6.45) is 9.37. The van der Waals surface area contributed by atoms with Gasteiger partial charge in [-0.25, -0.2) is 0 Å². The molecule has 0 aromatic heterocycles. The summed E-state index contributed by atoms with van der Waals surface area (Å²) in [6.45, 7) is 8.85. The van der Waals surface area contributed by atoms with E-state index in [1.54, 1.807) is 13.8 Å². The van der Waals surface area contributed by atoms with E-state index < -0.39 is 28.5 Å². The number of carbonyl (C=O) groups is 3. The van der Waals surface area contributed by atoms with Gasteiger partial charge in [-0.05, 0) is 34.1 Å². The normalized spacial score (nSPS) is 20.4. The van der Waals surface area contributed by atoms with Gasteiger partial charge in [0.2, 0.25) is 0 Å². The van der Waals surface area contributed by atoms with E-state index in [1.165, 1.54) is 45.6 Å². The molecule has 0 saturated carbocycles. The van der Waals surface area contributed by atoms with E-state index in [1.807, 2.05) is 0 Å². The Balaban J connectivity index is 1.89. The summed E-state index contributed by atoms with van der Waals surface area (Å²) in [6, 6.07) is 0. The zero-order valence-electron chi connectivity index (χ0n) is 20.8. The fourth-order valence-corrected chi connectivity index (χ4v) is 4.81. The van der Waals surface area contributed by atoms with Gasteiger partial charge < -0.3 is 20.3 Å². The van der Waals surface area contributed by atoms with E-state index >= 15 is 0 Å². The molecule has 1 atom stereocenters. The van der Waals surface area contributed by atoms with E-state index in [9.17, 15) is 24.6 Å². The maximum Gasteiger partial charge on any atom is 0.194 e. The minimum atomic E-state index is -1.48. The summed E-state index contributed by atoms with van der Waals surface area (Å²) in [5.74, 6) is -2.20. The SMILES string of the molecule is CCCCCCCCCNC(C)=C1C(=O)C=C2Oc3c(C(C)=O)c(O)c(C)c(O)c3[C@@]2(C)C1=O. The lowest BCUT2D eigenvalue weighted by atomic mass is 9.70. The zero-order chi connectivity index (χ0) is 25.2. The number of aromatic hydroxyl groups is 2. The average Bonchev–Trinajstić information content (AvgIpc) is 3.07. The Bertz CT molecular complexity index is 1100. The van der Waals surface area contributed by atoms with Crippen LogP contribution in [-0.2, 0) is 15.0 Å². The number of hydrogen-bond donors (Lipinski definition) is 3. The molecule has 1 aromatic carbocycles. The highest BCUT2D eigenvalue weighted by Crippen LogP contribution is 2.57. The number of carbonyl (C=O) groups excluding carboxylic acids is 3. The maximum absolute atomic E-state index is 13.7. The van der Waals surface area contributed by atoms with Crippen molar-refractivity contribution in [3.05, 3.63) is 39.8 Å². The van der Waals surface area contributed by atoms with Gasteiger partial charge in [-0.15, -0.1) is 0 Å². The first-order valence-corrected chi connectivity index (χ1v) is 12.1. The minimum Gasteiger partial charge on any atom is -0.507 e. The monoisotopic (exact) mass is 469 g/mol. The minimum absolute atomic E-state index is 0.0140. The molecule has 3 rings (SSSR count). The van der Waals surface area contributed by atoms with Crippen molar-refractivity contribution in [2.24, 2.45) is 0 Å². The third kappa shape index (κ3) is 4.24. The number of phenols is 2. The second-order valence-corrected chi connectivity index (χ2v) is 9.43. The van der Waals surface area contributed by atoms with Crippen molar-refractivity contribution in [3.63, 3.8) is 0 Å². The van der Waals surface area contributed by atoms with Crippen LogP contribution in [0.15, 0.2) is 23.1 Å². The third-order valence-electron chi connectivity index (χ3n) is 6.93. The molecule has 184 valence electrons. The van der Waals surface area contributed by atoms with Gasteiger partial charge in [-0.1, -0.05) is 45.4 Å². The number of nitrogens with one attached hydrogen (secondary N) is 1. The van der Waals surface area contributed by atoms with E-state index in [-0.39, 0.29) is 39.5 Å². The van der Waals surface area contributed by atoms with Crippen LogP contribution in [0.25, 0.3) is 0 Å². The Morgan fingerprint density at radius 1 is 1.03 bits per heavy atom. The van der Waals surface area contributed by atoms with Crippen molar-refractivity contribution in [1.82, 2.24) is 5.32 Å². The average molecular weight is 470 g/mol. The van der Waals surface area contributed by atoms with E-state index in [0.29, 0.717) is 12.2 Å². The molecule has 0 unspecified atom stereocenters. The molecule has 7 nitrogen and oxygen atoms in total. The molecule has 0 bridgehead atoms. The molecule has 0 amide bonds. The molecule has 7 heteroatoms. The lowest BCUT2D eigenvalue weighted by Gasteiger charge is -2.29. The Labute approximate surface area is 200 Å². The number of fused-ring (bicyclic) bond motifs is 3. The van der Waals surface area contributed by atoms with Crippen LogP contribution in [0.5, 0.6) is 17.2 Å². The molecule has 0 spiro atoms. The second kappa shape index (κ2) is 10.0. The van der Waals surface area contributed by atoms with Gasteiger partial charge in [0.1, 0.15) is 34.0 Å². The molecule has 1 aromatic rings. The largest absolute Gasteiger partial charge is 0.507 e. The number of phenolic OH excluding ortho intramolecular Hbond substituents is 2. The standard InChI is InChI=1S/C27H35NO6/c1-6-7-8-9-10-11-12-13-28-16(3)20-18(30)14-19-27(5,26(20)33)22-24(32)15(2)23(31)21(17(4)29)25(22)34-19/h14,28,31-32H,6-13H2,1-5H3/t27-/m0/s1. The molecule has 1 heterocycles. The first-order chi connectivity index (χ1) is 16.1. The lowest BCUT2D eigenvalue weighted by molar-refractivity contribution is -0.123. The summed E-state index contributed by atoms with van der Waals surface area (Å²) in [4.78, 5) is 38.9. The number of Topliss-reactive ketones (excluding diaryl/α,β-unsaturated/α-hetero) is 2. The maximum atomic E-state index is 13.7. The van der Waals surface area contributed by atoms with E-state index in [0.717, 1.165) is 19.3 Å². The van der Waals surface area contributed by atoms with Crippen molar-refractivity contribution in [2.45, 2.75) is 85.0 Å². The quantitative estimate of drug-likeness (QED) is 0.193. The first kappa shape index (κ1) is 25.5. The van der Waals surface area contributed by atoms with E-state index in [4.69, 9.17) is 4.74 Å². The summed E-state index contributed by atoms with van der Waals surface area (Å²) >= 11 is 0. The van der Waals surface area contributed by atoms with Crippen LogP contribution in [0, 0.1) is 6.92 Å². The zero-order valence-corrected chi connectivity index (χ0v) is 20.8. The van der Waals surface area contributed by atoms with Gasteiger partial charge in [-0.3, -0.25) is 14.4 Å². The molecule has 0 radical (unpaired) electrons. The van der Waals surface area contributed by atoms with Gasteiger partial charge >= 0.3 is 0 Å². The number of ether oxygens (including phenoxy) is 1. The van der Waals surface area contributed by atoms with Crippen LogP contribution >= 0.6 is 0 Å². The summed E-state index contributed by atoms with van der Waals surface area (Å²) in [7, 11) is 0. The van der Waals surface area contributed by atoms with Crippen molar-refractivity contribution in [3.8, 4) is 17.2 Å². The number of rotatable bonds is 10. The fraction of sp³-hybridized carbons (Fsp3) is 0.519. The van der Waals surface area contributed by atoms with Gasteiger partial charge in [0.05, 0.1) is 11.1 Å². The Morgan fingerprint density at radius 3 is 2.26 bits per heavy atom. The Morgan fingerprint density at radius 2 is 1.65 bits per heavy atom. The summed E-state index contributed by atoms with van der Waals surface area (Å²) < 4.78 is 5.78. The van der Waals surface area contributed by atoms with Crippen LogP contribution in [-0.4, -0.2) is 34.1 Å². The summed E-state index contributed by atoms with van der Waals surface area (Å²) in [5.41, 5.74) is -0.907. The first-order valence-electron chi connectivity index (χ1n) is 12.1. The molecular formula is C27H35NO6. The van der Waals surface area contributed by atoms with E-state index in [2.05, 4.69) is 12.2 Å². The second-order valence-electron chi connectivity index (χ2n) is 9.43. The van der Waals surface area contributed by atoms with Crippen LogP contribution in [0.1, 0.15) is 94.1 Å². The van der Waals surface area contributed by atoms with Gasteiger partial charge in [0.25, 0.3) is 0 Å². The number of unbranched alkanes of at least 4 members (excludes halogenated alkanes) is 6. The van der Waals surface area contributed by atoms with Crippen LogP contribution in [0.4, 0.5) is 0 Å². The Hall–Kier alpha value is -3.09. The Kier molecular flexibility index (Phi) is 7.54. The number of allylic oxidation sites excluding steroid dienone is 4. The molecule has 2 aliphatic rings. The topological polar surface area (TPSA) is 113 Å². The van der Waals surface area contributed by atoms with Gasteiger partial charge in [0.15, 0.2) is 17.3 Å². The van der Waals surface area contributed by atoms with Gasteiger partial charge in [-0.2, -0.15) is 0 Å². The highest BCUT2D eigenvalue weighted by atomic mass is 16.5. The molecular weight excluding hydrogens is 434 g/mol. The lowest BCUT2D eigenvalue weighted by Crippen LogP contribution is -2.41. The molecule has 34 heavy (non-hydrogen) atoms. The number of hydrogen-bond acceptors (Lipinski definition) is 7. The van der Waals surface area contributed by atoms with Crippen molar-refractivity contribution >= 4 is 17.3 Å². The van der Waals surface area contributed by atoms with Crippen LogP contribution in [0.3, 0.4) is 0 Å². The highest BCUT2D eigenvalue weighted by Gasteiger charge is 2.56. The van der Waals surface area contributed by atoms with Gasteiger partial charge in [0, 0.05) is 23.9 Å². The van der Waals surface area contributed by atoms with Crippen LogP contribution < -0.4 is 10.1 Å². The third-order valence-corrected chi connectivity index (χ3v) is 6.93. The molecule has 3 N–H and O–H groups in total. The number of benzene rings is 1. The molecule has 0 saturated heterocycles. The highest BCUT2D eigenvalue weighted by molar-refractivity contribution is 6.31. The molecule has 1 aliphatic heterocycles. The number of ketones is 3. The molecule has 1 aliphatic carbocycles. The predicted octanol–water partition coefficient (Wildman–Crippen LogP) is 4.91.